The van der Waals surface area contributed by atoms with E-state index in [2.05, 4.69) is 12.2 Å². The summed E-state index contributed by atoms with van der Waals surface area (Å²) in [5, 5.41) is 2.80. The Morgan fingerprint density at radius 3 is 2.65 bits per heavy atom. The first-order valence-corrected chi connectivity index (χ1v) is 6.05. The van der Waals surface area contributed by atoms with Crippen LogP contribution in [0.15, 0.2) is 24.3 Å². The number of anilines is 2. The normalized spacial score (nSPS) is 10.0. The van der Waals surface area contributed by atoms with Gasteiger partial charge in [0.2, 0.25) is 5.91 Å². The van der Waals surface area contributed by atoms with Crippen molar-refractivity contribution in [3.63, 3.8) is 0 Å². The highest BCUT2D eigenvalue weighted by Crippen LogP contribution is 2.22. The highest BCUT2D eigenvalue weighted by molar-refractivity contribution is 5.83. The summed E-state index contributed by atoms with van der Waals surface area (Å²) < 4.78 is 0. The van der Waals surface area contributed by atoms with Gasteiger partial charge in [-0.05, 0) is 25.5 Å². The van der Waals surface area contributed by atoms with Gasteiger partial charge in [-0.1, -0.05) is 19.1 Å². The van der Waals surface area contributed by atoms with Gasteiger partial charge in [-0.2, -0.15) is 0 Å². The van der Waals surface area contributed by atoms with Crippen molar-refractivity contribution >= 4 is 17.3 Å². The third-order valence-corrected chi connectivity index (χ3v) is 2.48. The van der Waals surface area contributed by atoms with Gasteiger partial charge in [-0.3, -0.25) is 4.79 Å². The first-order chi connectivity index (χ1) is 8.19. The molecule has 17 heavy (non-hydrogen) atoms. The molecule has 0 aliphatic rings. The number of para-hydroxylation sites is 2. The molecule has 1 aromatic rings. The highest BCUT2D eigenvalue weighted by Gasteiger charge is 2.12. The molecule has 0 aromatic heterocycles. The van der Waals surface area contributed by atoms with Gasteiger partial charge in [0, 0.05) is 13.1 Å². The number of nitrogens with zero attached hydrogens (tertiary/aromatic N) is 1. The Kier molecular flexibility index (Phi) is 5.33. The molecule has 0 unspecified atom stereocenters. The molecule has 0 saturated heterocycles. The number of hydrogen-bond acceptors (Lipinski definition) is 3. The predicted molar refractivity (Wildman–Crippen MR) is 72.0 cm³/mol. The van der Waals surface area contributed by atoms with E-state index in [1.165, 1.54) is 0 Å². The van der Waals surface area contributed by atoms with Crippen molar-refractivity contribution in [2.75, 3.05) is 30.3 Å². The van der Waals surface area contributed by atoms with E-state index in [0.29, 0.717) is 18.8 Å². The molecule has 0 aliphatic heterocycles. The van der Waals surface area contributed by atoms with E-state index >= 15 is 0 Å². The Bertz CT molecular complexity index is 365. The van der Waals surface area contributed by atoms with Crippen LogP contribution in [-0.2, 0) is 4.79 Å². The summed E-state index contributed by atoms with van der Waals surface area (Å²) in [6, 6.07) is 7.64. The molecule has 0 fully saturated rings. The van der Waals surface area contributed by atoms with E-state index in [1.54, 1.807) is 0 Å². The SMILES string of the molecule is CCCN(CC(=O)NCC)c1ccccc1N. The summed E-state index contributed by atoms with van der Waals surface area (Å²) >= 11 is 0. The van der Waals surface area contributed by atoms with Crippen molar-refractivity contribution < 1.29 is 4.79 Å². The summed E-state index contributed by atoms with van der Waals surface area (Å²) in [5.41, 5.74) is 7.57. The molecular formula is C13H21N3O. The van der Waals surface area contributed by atoms with E-state index in [1.807, 2.05) is 36.1 Å². The van der Waals surface area contributed by atoms with Gasteiger partial charge in [0.1, 0.15) is 0 Å². The number of nitrogens with two attached hydrogens (primary N) is 1. The quantitative estimate of drug-likeness (QED) is 0.737. The van der Waals surface area contributed by atoms with Gasteiger partial charge in [-0.15, -0.1) is 0 Å². The summed E-state index contributed by atoms with van der Waals surface area (Å²) in [5.74, 6) is 0.0317. The molecule has 4 nitrogen and oxygen atoms in total. The molecular weight excluding hydrogens is 214 g/mol. The first kappa shape index (κ1) is 13.4. The minimum atomic E-state index is 0.0317. The number of rotatable bonds is 6. The summed E-state index contributed by atoms with van der Waals surface area (Å²) in [6.45, 7) is 5.84. The number of nitrogen functional groups attached to an aromatic ring is 1. The monoisotopic (exact) mass is 235 g/mol. The minimum Gasteiger partial charge on any atom is -0.397 e. The molecule has 3 N–H and O–H groups in total. The second kappa shape index (κ2) is 6.78. The lowest BCUT2D eigenvalue weighted by molar-refractivity contribution is -0.119. The number of carbonyl (C=O) groups is 1. The van der Waals surface area contributed by atoms with E-state index < -0.39 is 0 Å². The fourth-order valence-electron chi connectivity index (χ4n) is 1.76. The number of amides is 1. The van der Waals surface area contributed by atoms with Gasteiger partial charge in [0.25, 0.3) is 0 Å². The fraction of sp³-hybridized carbons (Fsp3) is 0.462. The van der Waals surface area contributed by atoms with Crippen molar-refractivity contribution in [1.82, 2.24) is 5.32 Å². The van der Waals surface area contributed by atoms with E-state index in [4.69, 9.17) is 5.73 Å². The van der Waals surface area contributed by atoms with Crippen molar-refractivity contribution in [2.45, 2.75) is 20.3 Å². The molecule has 0 heterocycles. The van der Waals surface area contributed by atoms with Gasteiger partial charge < -0.3 is 16.0 Å². The van der Waals surface area contributed by atoms with Crippen LogP contribution in [0.3, 0.4) is 0 Å². The lowest BCUT2D eigenvalue weighted by atomic mass is 10.2. The standard InChI is InChI=1S/C13H21N3O/c1-3-9-16(10-13(17)15-4-2)12-8-6-5-7-11(12)14/h5-8H,3-4,9-10,14H2,1-2H3,(H,15,17). The van der Waals surface area contributed by atoms with Crippen LogP contribution >= 0.6 is 0 Å². The second-order valence-electron chi connectivity index (χ2n) is 3.93. The predicted octanol–water partition coefficient (Wildman–Crippen LogP) is 1.62. The lowest BCUT2D eigenvalue weighted by Crippen LogP contribution is -2.37. The van der Waals surface area contributed by atoms with Crippen molar-refractivity contribution in [3.05, 3.63) is 24.3 Å². The number of likely N-dealkylation sites (N-methyl/N-ethyl adjacent to an activating group) is 1. The zero-order valence-corrected chi connectivity index (χ0v) is 10.6. The highest BCUT2D eigenvalue weighted by atomic mass is 16.2. The number of hydrogen-bond donors (Lipinski definition) is 2. The van der Waals surface area contributed by atoms with Gasteiger partial charge in [-0.25, -0.2) is 0 Å². The molecule has 1 amide bonds. The van der Waals surface area contributed by atoms with Crippen molar-refractivity contribution in [1.29, 1.82) is 0 Å². The van der Waals surface area contributed by atoms with Crippen LogP contribution in [0.4, 0.5) is 11.4 Å². The molecule has 1 aromatic carbocycles. The molecule has 94 valence electrons. The average Bonchev–Trinajstić information content (AvgIpc) is 2.29. The van der Waals surface area contributed by atoms with Gasteiger partial charge >= 0.3 is 0 Å². The Balaban J connectivity index is 2.78. The molecule has 0 atom stereocenters. The van der Waals surface area contributed by atoms with Crippen LogP contribution in [0.1, 0.15) is 20.3 Å². The van der Waals surface area contributed by atoms with Crippen LogP contribution < -0.4 is 16.0 Å². The topological polar surface area (TPSA) is 58.4 Å². The number of benzene rings is 1. The molecule has 1 rings (SSSR count). The van der Waals surface area contributed by atoms with E-state index in [-0.39, 0.29) is 5.91 Å². The van der Waals surface area contributed by atoms with Gasteiger partial charge in [0.15, 0.2) is 0 Å². The maximum absolute atomic E-state index is 11.6. The Labute approximate surface area is 103 Å². The van der Waals surface area contributed by atoms with E-state index in [9.17, 15) is 4.79 Å². The fourth-order valence-corrected chi connectivity index (χ4v) is 1.76. The molecule has 0 radical (unpaired) electrons. The Hall–Kier alpha value is -1.71. The largest absolute Gasteiger partial charge is 0.397 e. The summed E-state index contributed by atoms with van der Waals surface area (Å²) in [7, 11) is 0. The van der Waals surface area contributed by atoms with Crippen molar-refractivity contribution in [2.24, 2.45) is 0 Å². The summed E-state index contributed by atoms with van der Waals surface area (Å²) in [4.78, 5) is 13.6. The van der Waals surface area contributed by atoms with E-state index in [0.717, 1.165) is 18.7 Å². The molecule has 4 heteroatoms. The van der Waals surface area contributed by atoms with Gasteiger partial charge in [0.05, 0.1) is 17.9 Å². The molecule has 0 spiro atoms. The number of carbonyl (C=O) groups excluding carboxylic acids is 1. The average molecular weight is 235 g/mol. The summed E-state index contributed by atoms with van der Waals surface area (Å²) in [6.07, 6.45) is 0.980. The number of nitrogens with one attached hydrogen (secondary N) is 1. The molecule has 0 aliphatic carbocycles. The zero-order valence-electron chi connectivity index (χ0n) is 10.6. The van der Waals surface area contributed by atoms with Crippen LogP contribution in [0.5, 0.6) is 0 Å². The Morgan fingerprint density at radius 2 is 2.06 bits per heavy atom. The Morgan fingerprint density at radius 1 is 1.35 bits per heavy atom. The second-order valence-corrected chi connectivity index (χ2v) is 3.93. The molecule has 0 bridgehead atoms. The third kappa shape index (κ3) is 3.98. The van der Waals surface area contributed by atoms with Crippen LogP contribution in [0, 0.1) is 0 Å². The van der Waals surface area contributed by atoms with Crippen molar-refractivity contribution in [3.8, 4) is 0 Å². The third-order valence-electron chi connectivity index (χ3n) is 2.48. The first-order valence-electron chi connectivity index (χ1n) is 6.05. The van der Waals surface area contributed by atoms with Crippen LogP contribution in [-0.4, -0.2) is 25.5 Å². The van der Waals surface area contributed by atoms with Crippen LogP contribution in [0.2, 0.25) is 0 Å². The lowest BCUT2D eigenvalue weighted by Gasteiger charge is -2.24. The maximum atomic E-state index is 11.6. The minimum absolute atomic E-state index is 0.0317. The zero-order chi connectivity index (χ0) is 12.7. The molecule has 0 saturated carbocycles. The maximum Gasteiger partial charge on any atom is 0.239 e. The smallest absolute Gasteiger partial charge is 0.239 e. The van der Waals surface area contributed by atoms with Crippen LogP contribution in [0.25, 0.3) is 0 Å².